The summed E-state index contributed by atoms with van der Waals surface area (Å²) in [6, 6.07) is 20.3. The van der Waals surface area contributed by atoms with Crippen LogP contribution in [0.25, 0.3) is 66.8 Å². The molecule has 20 heteroatoms. The number of carboxylic acids is 2. The van der Waals surface area contributed by atoms with E-state index in [4.69, 9.17) is 8.83 Å². The van der Waals surface area contributed by atoms with Gasteiger partial charge in [-0.1, -0.05) is 47.9 Å². The van der Waals surface area contributed by atoms with Crippen molar-refractivity contribution < 1.29 is 98.0 Å². The first-order valence-electron chi connectivity index (χ1n) is 16.0. The Kier molecular flexibility index (Phi) is 18.1. The molecule has 10 nitrogen and oxygen atoms in total. The fourth-order valence-corrected chi connectivity index (χ4v) is 14.0. The third-order valence-corrected chi connectivity index (χ3v) is 16.4. The standard InChI is InChI=1S/2C20H8I4O5.2Na/c2*21-11-6-7-5-10-12(8-3-1-2-4-9(8)20(27)28)13(22)17(26)15(24)19(10)29-18(7)14(23)16(11)25;;/h2*1-6,25H,(H,27,28);;/q;;2*+1/p-2. The van der Waals surface area contributed by atoms with E-state index in [0.29, 0.717) is 95.4 Å². The number of carboxylic acid groups (broad SMARTS) is 2. The molecule has 4 aliphatic rings. The molecule has 0 aromatic heterocycles. The molecule has 0 fully saturated rings. The van der Waals surface area contributed by atoms with E-state index in [1.54, 1.807) is 48.5 Å². The van der Waals surface area contributed by atoms with Gasteiger partial charge in [0.25, 0.3) is 0 Å². The van der Waals surface area contributed by atoms with E-state index in [1.807, 2.05) is 193 Å². The van der Waals surface area contributed by atoms with Crippen molar-refractivity contribution in [2.45, 2.75) is 0 Å². The number of hydrogen-bond acceptors (Lipinski definition) is 8. The summed E-state index contributed by atoms with van der Waals surface area (Å²) in [5.41, 5.74) is 3.76. The maximum atomic E-state index is 12.9. The molecule has 0 amide bonds. The summed E-state index contributed by atoms with van der Waals surface area (Å²) in [4.78, 5) is 49.4. The zero-order valence-corrected chi connectivity index (χ0v) is 51.4. The fourth-order valence-electron chi connectivity index (χ4n) is 6.24. The second-order valence-corrected chi connectivity index (χ2v) is 21.0. The topological polar surface area (TPSA) is 181 Å². The Labute approximate surface area is 492 Å². The van der Waals surface area contributed by atoms with Gasteiger partial charge in [-0.3, -0.25) is 9.59 Å². The Balaban J connectivity index is 0.000000220. The second-order valence-electron chi connectivity index (χ2n) is 12.2. The molecule has 292 valence electrons. The van der Waals surface area contributed by atoms with Crippen LogP contribution in [0.1, 0.15) is 20.7 Å². The van der Waals surface area contributed by atoms with Crippen molar-refractivity contribution in [3.05, 3.63) is 133 Å². The van der Waals surface area contributed by atoms with Gasteiger partial charge in [-0.15, -0.1) is 0 Å². The van der Waals surface area contributed by atoms with Gasteiger partial charge < -0.3 is 29.3 Å². The van der Waals surface area contributed by atoms with Crippen molar-refractivity contribution >= 4 is 215 Å². The second kappa shape index (κ2) is 21.1. The zero-order valence-electron chi connectivity index (χ0n) is 30.1. The van der Waals surface area contributed by atoms with Crippen LogP contribution in [0.4, 0.5) is 0 Å². The van der Waals surface area contributed by atoms with Crippen LogP contribution in [0, 0.1) is 28.6 Å². The molecule has 0 bridgehead atoms. The molecule has 4 aromatic carbocycles. The summed E-state index contributed by atoms with van der Waals surface area (Å²) in [5, 5.41) is 45.4. The van der Waals surface area contributed by atoms with E-state index in [9.17, 15) is 39.6 Å². The third kappa shape index (κ3) is 9.58. The molecule has 0 unspecified atom stereocenters. The third-order valence-electron chi connectivity index (χ3n) is 8.84. The van der Waals surface area contributed by atoms with Crippen molar-refractivity contribution in [3.63, 3.8) is 0 Å². The largest absolute Gasteiger partial charge is 1.00 e. The van der Waals surface area contributed by atoms with Gasteiger partial charge in [0, 0.05) is 47.3 Å². The summed E-state index contributed by atoms with van der Waals surface area (Å²) >= 11 is 15.7. The van der Waals surface area contributed by atoms with Crippen LogP contribution in [-0.4, -0.2) is 22.2 Å². The van der Waals surface area contributed by atoms with Crippen LogP contribution in [-0.2, 0) is 0 Å². The Morgan fingerprint density at radius 2 is 0.817 bits per heavy atom. The van der Waals surface area contributed by atoms with Crippen LogP contribution in [0.2, 0.25) is 0 Å². The number of aromatic carboxylic acids is 2. The van der Waals surface area contributed by atoms with Gasteiger partial charge in [-0.25, -0.2) is 9.59 Å². The average Bonchev–Trinajstić information content (AvgIpc) is 3.20. The van der Waals surface area contributed by atoms with Gasteiger partial charge in [0.1, 0.15) is 18.3 Å². The molecular formula is C40H14I8Na2O10. The minimum atomic E-state index is -1.08. The number of carbonyl (C=O) groups is 2. The van der Waals surface area contributed by atoms with E-state index < -0.39 is 11.9 Å². The van der Waals surface area contributed by atoms with Gasteiger partial charge >= 0.3 is 71.1 Å². The van der Waals surface area contributed by atoms with E-state index in [2.05, 4.69) is 0 Å². The van der Waals surface area contributed by atoms with Crippen molar-refractivity contribution in [1.29, 1.82) is 0 Å². The fraction of sp³-hybridized carbons (Fsp3) is 0. The predicted molar refractivity (Wildman–Crippen MR) is 284 cm³/mol. The number of fused-ring (bicyclic) bond motifs is 4. The molecule has 2 heterocycles. The first-order valence-corrected chi connectivity index (χ1v) is 24.6. The van der Waals surface area contributed by atoms with E-state index in [-0.39, 0.29) is 92.6 Å². The minimum Gasteiger partial charge on any atom is -0.871 e. The molecule has 0 radical (unpaired) electrons. The van der Waals surface area contributed by atoms with Crippen molar-refractivity contribution in [2.24, 2.45) is 0 Å². The summed E-state index contributed by atoms with van der Waals surface area (Å²) in [6.07, 6.45) is 0. The van der Waals surface area contributed by atoms with Crippen LogP contribution in [0.5, 0.6) is 11.5 Å². The Morgan fingerprint density at radius 1 is 0.483 bits per heavy atom. The Bertz CT molecular complexity index is 2940. The molecule has 2 aliphatic heterocycles. The quantitative estimate of drug-likeness (QED) is 0.130. The van der Waals surface area contributed by atoms with Gasteiger partial charge in [0.15, 0.2) is 11.5 Å². The first kappa shape index (κ1) is 51.6. The zero-order chi connectivity index (χ0) is 42.1. The molecule has 4 aromatic rings. The van der Waals surface area contributed by atoms with Crippen molar-refractivity contribution in [1.82, 2.24) is 0 Å². The smallest absolute Gasteiger partial charge is 0.871 e. The molecule has 8 rings (SSSR count). The average molecular weight is 1720 g/mol. The molecule has 60 heavy (non-hydrogen) atoms. The van der Waals surface area contributed by atoms with Crippen LogP contribution < -0.4 is 80.2 Å². The number of rotatable bonds is 4. The Morgan fingerprint density at radius 3 is 1.15 bits per heavy atom. The molecule has 0 saturated heterocycles. The van der Waals surface area contributed by atoms with Crippen molar-refractivity contribution in [2.75, 3.05) is 0 Å². The normalized spacial score (nSPS) is 10.9. The van der Waals surface area contributed by atoms with Gasteiger partial charge in [0.2, 0.25) is 10.9 Å². The number of benzene rings is 6. The minimum absolute atomic E-state index is 0. The van der Waals surface area contributed by atoms with Gasteiger partial charge in [-0.2, -0.15) is 0 Å². The number of hydrogen-bond donors (Lipinski definition) is 2. The molecule has 0 saturated carbocycles. The molecule has 2 aliphatic carbocycles. The van der Waals surface area contributed by atoms with Crippen LogP contribution in [0.3, 0.4) is 0 Å². The predicted octanol–water partition coefficient (Wildman–Crippen LogP) is 5.52. The summed E-state index contributed by atoms with van der Waals surface area (Å²) in [6.45, 7) is 0. The molecule has 2 N–H and O–H groups in total. The summed E-state index contributed by atoms with van der Waals surface area (Å²) < 4.78 is 15.8. The molecular weight excluding hydrogens is 1700 g/mol. The van der Waals surface area contributed by atoms with Crippen LogP contribution in [0.15, 0.2) is 91.2 Å². The van der Waals surface area contributed by atoms with Gasteiger partial charge in [-0.05, 0) is 228 Å². The monoisotopic (exact) mass is 1720 g/mol. The Hall–Kier alpha value is 0.640. The molecule has 0 atom stereocenters. The maximum Gasteiger partial charge on any atom is 1.00 e. The molecule has 0 spiro atoms. The van der Waals surface area contributed by atoms with E-state index >= 15 is 0 Å². The van der Waals surface area contributed by atoms with E-state index in [0.717, 1.165) is 0 Å². The summed E-state index contributed by atoms with van der Waals surface area (Å²) in [7, 11) is 0. The van der Waals surface area contributed by atoms with E-state index in [1.165, 1.54) is 12.1 Å². The van der Waals surface area contributed by atoms with Crippen molar-refractivity contribution in [3.8, 4) is 56.4 Å². The van der Waals surface area contributed by atoms with Crippen LogP contribution >= 0.6 is 181 Å². The SMILES string of the molecule is O=C(O)c1ccccc1-c1c2cc3cc(I)c([O-])c(I)c3oc-2c(I)c(=O)c1I.O=C(O)c1ccccc1-c1c2cc3cc(I)c([O-])c(I)c3oc-2c(I)c(=O)c1I.[Na+].[Na+]. The maximum absolute atomic E-state index is 12.9. The summed E-state index contributed by atoms with van der Waals surface area (Å²) in [5.74, 6) is -1.71. The number of halogens is 8. The van der Waals surface area contributed by atoms with Gasteiger partial charge in [0.05, 0.1) is 18.3 Å². The first-order chi connectivity index (χ1) is 27.4.